The average molecular weight is 754 g/mol. The van der Waals surface area contributed by atoms with Crippen LogP contribution in [0.3, 0.4) is 0 Å². The number of halogens is 2. The number of carbonyl (C=O) groups is 1. The van der Waals surface area contributed by atoms with Gasteiger partial charge < -0.3 is 33.2 Å². The number of nitrogens with zero attached hydrogens (tertiary/aromatic N) is 3. The molecule has 0 spiro atoms. The maximum absolute atomic E-state index is 14.0. The third kappa shape index (κ3) is 10.3. The second-order valence-electron chi connectivity index (χ2n) is 12.1. The summed E-state index contributed by atoms with van der Waals surface area (Å²) in [6.07, 6.45) is 1.75. The van der Waals surface area contributed by atoms with Gasteiger partial charge in [-0.1, -0.05) is 13.8 Å². The molecule has 1 amide bonds. The molecule has 0 aromatic heterocycles. The Morgan fingerprint density at radius 1 is 0.627 bits per heavy atom. The van der Waals surface area contributed by atoms with Crippen molar-refractivity contribution in [1.82, 2.24) is 14.3 Å². The second kappa shape index (κ2) is 21.0. The van der Waals surface area contributed by atoms with E-state index in [9.17, 15) is 4.79 Å². The number of amides is 1. The molecule has 1 aliphatic heterocycles. The van der Waals surface area contributed by atoms with Gasteiger partial charge in [-0.2, -0.15) is 4.48 Å². The van der Waals surface area contributed by atoms with Gasteiger partial charge >= 0.3 is 5.91 Å². The van der Waals surface area contributed by atoms with Gasteiger partial charge in [0.1, 0.15) is 17.9 Å². The first-order valence-corrected chi connectivity index (χ1v) is 17.0. The standard InChI is InChI=1S/C38H54N3O8.2ClH/c1-9-21-48-32-13-11-30(25-34(32)43-4)41(28(3)42,31-12-14-33(49-22-10-2)35(26-31)44-5)20-19-39-15-17-40(18-16-39)27-29-23-36(45-6)38(47-8)37(24-29)46-7;;/h11-14,23-26H,9-10,15-22,27H2,1-8H3;2*1H/q+1;;. The highest BCUT2D eigenvalue weighted by atomic mass is 35.5. The van der Waals surface area contributed by atoms with Gasteiger partial charge in [0.2, 0.25) is 5.75 Å². The lowest BCUT2D eigenvalue weighted by atomic mass is 10.1. The van der Waals surface area contributed by atoms with Crippen LogP contribution in [0.5, 0.6) is 40.2 Å². The highest BCUT2D eigenvalue weighted by Crippen LogP contribution is 2.44. The maximum atomic E-state index is 14.0. The molecule has 1 fully saturated rings. The highest BCUT2D eigenvalue weighted by Gasteiger charge is 2.41. The lowest BCUT2D eigenvalue weighted by Crippen LogP contribution is -2.54. The third-order valence-electron chi connectivity index (χ3n) is 8.98. The van der Waals surface area contributed by atoms with Crippen molar-refractivity contribution in [2.75, 3.05) is 88.0 Å². The van der Waals surface area contributed by atoms with E-state index in [0.29, 0.717) is 66.5 Å². The summed E-state index contributed by atoms with van der Waals surface area (Å²) in [4.78, 5) is 18.9. The van der Waals surface area contributed by atoms with E-state index in [-0.39, 0.29) is 35.2 Å². The normalized spacial score (nSPS) is 13.3. The minimum atomic E-state index is -0.0273. The Balaban J connectivity index is 0.00000451. The van der Waals surface area contributed by atoms with Crippen LogP contribution in [-0.4, -0.2) is 104 Å². The summed E-state index contributed by atoms with van der Waals surface area (Å²) in [5.41, 5.74) is 2.67. The number of hydrogen-bond acceptors (Lipinski definition) is 10. The quantitative estimate of drug-likeness (QED) is 0.125. The van der Waals surface area contributed by atoms with E-state index in [1.807, 2.05) is 48.5 Å². The van der Waals surface area contributed by atoms with Crippen LogP contribution < -0.4 is 37.6 Å². The zero-order valence-electron chi connectivity index (χ0n) is 31.3. The van der Waals surface area contributed by atoms with Gasteiger partial charge in [0.15, 0.2) is 34.5 Å². The molecule has 284 valence electrons. The molecule has 0 atom stereocenters. The van der Waals surface area contributed by atoms with Crippen LogP contribution in [0.4, 0.5) is 11.4 Å². The first kappa shape index (κ1) is 43.6. The van der Waals surface area contributed by atoms with Crippen LogP contribution in [0.1, 0.15) is 39.2 Å². The summed E-state index contributed by atoms with van der Waals surface area (Å²) in [7, 11) is 8.13. The van der Waals surface area contributed by atoms with Crippen LogP contribution in [0.2, 0.25) is 0 Å². The Bertz CT molecular complexity index is 1450. The fourth-order valence-electron chi connectivity index (χ4n) is 6.33. The summed E-state index contributed by atoms with van der Waals surface area (Å²) >= 11 is 0. The summed E-state index contributed by atoms with van der Waals surface area (Å²) in [6.45, 7) is 12.4. The van der Waals surface area contributed by atoms with Crippen LogP contribution in [0.15, 0.2) is 48.5 Å². The van der Waals surface area contributed by atoms with E-state index < -0.39 is 0 Å². The molecule has 4 rings (SSSR count). The van der Waals surface area contributed by atoms with E-state index in [0.717, 1.165) is 62.5 Å². The number of benzene rings is 3. The van der Waals surface area contributed by atoms with Gasteiger partial charge in [0.05, 0.1) is 55.7 Å². The Morgan fingerprint density at radius 2 is 1.08 bits per heavy atom. The van der Waals surface area contributed by atoms with Crippen molar-refractivity contribution in [3.8, 4) is 40.2 Å². The third-order valence-corrected chi connectivity index (χ3v) is 8.98. The van der Waals surface area contributed by atoms with Crippen molar-refractivity contribution in [2.45, 2.75) is 40.2 Å². The molecular formula is C38H56Cl2N3O8+. The molecule has 0 unspecified atom stereocenters. The first-order chi connectivity index (χ1) is 23.8. The molecule has 1 aliphatic rings. The minimum Gasteiger partial charge on any atom is -0.493 e. The summed E-state index contributed by atoms with van der Waals surface area (Å²) in [5, 5.41) is 0. The Kier molecular flexibility index (Phi) is 18.0. The van der Waals surface area contributed by atoms with E-state index in [1.54, 1.807) is 42.5 Å². The van der Waals surface area contributed by atoms with Crippen LogP contribution >= 0.6 is 24.8 Å². The van der Waals surface area contributed by atoms with Crippen molar-refractivity contribution in [2.24, 2.45) is 0 Å². The van der Waals surface area contributed by atoms with Crippen LogP contribution in [0, 0.1) is 0 Å². The van der Waals surface area contributed by atoms with Gasteiger partial charge in [0.25, 0.3) is 0 Å². The molecule has 1 heterocycles. The Hall–Kier alpha value is -3.61. The number of ether oxygens (including phenoxy) is 7. The number of methoxy groups -OCH3 is 5. The van der Waals surface area contributed by atoms with Gasteiger partial charge in [-0.3, -0.25) is 9.80 Å². The average Bonchev–Trinajstić information content (AvgIpc) is 3.13. The largest absolute Gasteiger partial charge is 0.493 e. The summed E-state index contributed by atoms with van der Waals surface area (Å²) in [6, 6.07) is 15.6. The smallest absolute Gasteiger partial charge is 0.320 e. The summed E-state index contributed by atoms with van der Waals surface area (Å²) < 4.78 is 40.1. The SMILES string of the molecule is CCCOc1ccc([N+](CCN2CCN(Cc3cc(OC)c(OC)c(OC)c3)CC2)(C(C)=O)c2ccc(OCCC)c(OC)c2)cc1OC.Cl.Cl. The van der Waals surface area contributed by atoms with Crippen molar-refractivity contribution in [1.29, 1.82) is 0 Å². The monoisotopic (exact) mass is 752 g/mol. The number of quaternary nitrogens is 1. The molecule has 51 heavy (non-hydrogen) atoms. The Morgan fingerprint density at radius 3 is 1.47 bits per heavy atom. The maximum Gasteiger partial charge on any atom is 0.320 e. The number of rotatable bonds is 18. The molecule has 0 radical (unpaired) electrons. The molecule has 11 nitrogen and oxygen atoms in total. The topological polar surface area (TPSA) is 88.2 Å². The lowest BCUT2D eigenvalue weighted by molar-refractivity contribution is -0.125. The minimum absolute atomic E-state index is 0. The fourth-order valence-corrected chi connectivity index (χ4v) is 6.33. The predicted octanol–water partition coefficient (Wildman–Crippen LogP) is 7.15. The molecule has 13 heteroatoms. The second-order valence-corrected chi connectivity index (χ2v) is 12.1. The summed E-state index contributed by atoms with van der Waals surface area (Å²) in [5.74, 6) is 4.35. The number of hydrogen-bond donors (Lipinski definition) is 0. The molecular weight excluding hydrogens is 697 g/mol. The zero-order valence-corrected chi connectivity index (χ0v) is 33.0. The van der Waals surface area contributed by atoms with Gasteiger partial charge in [-0.25, -0.2) is 4.79 Å². The molecule has 0 aliphatic carbocycles. The molecule has 0 bridgehead atoms. The van der Waals surface area contributed by atoms with Crippen LogP contribution in [0.25, 0.3) is 0 Å². The van der Waals surface area contributed by atoms with E-state index in [2.05, 4.69) is 23.6 Å². The van der Waals surface area contributed by atoms with Crippen molar-refractivity contribution in [3.63, 3.8) is 0 Å². The van der Waals surface area contributed by atoms with E-state index >= 15 is 0 Å². The molecule has 0 N–H and O–H groups in total. The van der Waals surface area contributed by atoms with Gasteiger partial charge in [0, 0.05) is 63.5 Å². The molecule has 1 saturated heterocycles. The molecule has 3 aromatic rings. The molecule has 3 aromatic carbocycles. The van der Waals surface area contributed by atoms with Crippen LogP contribution in [-0.2, 0) is 11.3 Å². The highest BCUT2D eigenvalue weighted by molar-refractivity contribution is 5.94. The first-order valence-electron chi connectivity index (χ1n) is 17.0. The lowest BCUT2D eigenvalue weighted by Gasteiger charge is -2.39. The van der Waals surface area contributed by atoms with E-state index in [4.69, 9.17) is 33.2 Å². The predicted molar refractivity (Wildman–Crippen MR) is 207 cm³/mol. The van der Waals surface area contributed by atoms with Crippen molar-refractivity contribution in [3.05, 3.63) is 54.1 Å². The fraction of sp³-hybridized carbons (Fsp3) is 0.500. The zero-order chi connectivity index (χ0) is 35.4. The molecule has 0 saturated carbocycles. The number of carbonyl (C=O) groups excluding carboxylic acids is 1. The van der Waals surface area contributed by atoms with Crippen molar-refractivity contribution >= 4 is 42.1 Å². The number of piperazine rings is 1. The van der Waals surface area contributed by atoms with Gasteiger partial charge in [-0.05, 0) is 42.7 Å². The van der Waals surface area contributed by atoms with E-state index in [1.165, 1.54) is 0 Å². The Labute approximate surface area is 316 Å². The van der Waals surface area contributed by atoms with Gasteiger partial charge in [-0.15, -0.1) is 24.8 Å². The van der Waals surface area contributed by atoms with Crippen molar-refractivity contribution < 1.29 is 38.0 Å².